The van der Waals surface area contributed by atoms with Crippen LogP contribution in [0.3, 0.4) is 0 Å². The van der Waals surface area contributed by atoms with Crippen molar-refractivity contribution >= 4 is 0 Å². The first-order valence-electron chi connectivity index (χ1n) is 6.08. The largest absolute Gasteiger partial charge is 0.417 e. The first-order valence-corrected chi connectivity index (χ1v) is 6.08. The average Bonchev–Trinajstić information content (AvgIpc) is 2.43. The van der Waals surface area contributed by atoms with E-state index in [1.54, 1.807) is 13.0 Å². The number of pyridine rings is 1. The smallest absolute Gasteiger partial charge is 0.271 e. The van der Waals surface area contributed by atoms with Crippen molar-refractivity contribution in [3.63, 3.8) is 0 Å². The number of aromatic nitrogens is 1. The Kier molecular flexibility index (Phi) is 4.24. The van der Waals surface area contributed by atoms with Crippen LogP contribution in [0.25, 0.3) is 0 Å². The van der Waals surface area contributed by atoms with Crippen molar-refractivity contribution in [2.24, 2.45) is 5.84 Å². The fourth-order valence-electron chi connectivity index (χ4n) is 2.00. The highest BCUT2D eigenvalue weighted by Gasteiger charge is 2.31. The minimum absolute atomic E-state index is 0.277. The highest BCUT2D eigenvalue weighted by Crippen LogP contribution is 2.30. The molecule has 1 heterocycles. The molecule has 0 fully saturated rings. The SMILES string of the molecule is Cc1ccc(F)cc1C(NN)c1ccc(C(F)(F)F)cn1. The maximum atomic E-state index is 13.3. The van der Waals surface area contributed by atoms with E-state index in [0.717, 1.165) is 17.8 Å². The van der Waals surface area contributed by atoms with Gasteiger partial charge in [-0.25, -0.2) is 9.82 Å². The normalized spacial score (nSPS) is 13.2. The second-order valence-electron chi connectivity index (χ2n) is 4.57. The molecule has 0 aliphatic rings. The van der Waals surface area contributed by atoms with Gasteiger partial charge in [0.05, 0.1) is 17.3 Å². The quantitative estimate of drug-likeness (QED) is 0.520. The van der Waals surface area contributed by atoms with E-state index in [2.05, 4.69) is 10.4 Å². The predicted octanol–water partition coefficient (Wildman–Crippen LogP) is 3.10. The van der Waals surface area contributed by atoms with E-state index in [1.165, 1.54) is 18.2 Å². The molecule has 21 heavy (non-hydrogen) atoms. The molecule has 0 bridgehead atoms. The molecule has 112 valence electrons. The second kappa shape index (κ2) is 5.79. The van der Waals surface area contributed by atoms with Gasteiger partial charge in [0.1, 0.15) is 5.82 Å². The van der Waals surface area contributed by atoms with Gasteiger partial charge < -0.3 is 0 Å². The molecule has 0 saturated carbocycles. The first-order chi connectivity index (χ1) is 9.82. The molecular formula is C14H13F4N3. The van der Waals surface area contributed by atoms with E-state index >= 15 is 0 Å². The maximum Gasteiger partial charge on any atom is 0.417 e. The minimum atomic E-state index is -4.45. The molecule has 2 rings (SSSR count). The molecule has 1 aromatic heterocycles. The highest BCUT2D eigenvalue weighted by atomic mass is 19.4. The number of nitrogens with one attached hydrogen (secondary N) is 1. The van der Waals surface area contributed by atoms with Crippen LogP contribution >= 0.6 is 0 Å². The lowest BCUT2D eigenvalue weighted by molar-refractivity contribution is -0.137. The maximum absolute atomic E-state index is 13.3. The summed E-state index contributed by atoms with van der Waals surface area (Å²) in [6.45, 7) is 1.75. The number of hydrazine groups is 1. The molecule has 0 radical (unpaired) electrons. The molecule has 2 aromatic rings. The fourth-order valence-corrected chi connectivity index (χ4v) is 2.00. The molecule has 0 aliphatic heterocycles. The van der Waals surface area contributed by atoms with Gasteiger partial charge in [0.15, 0.2) is 0 Å². The van der Waals surface area contributed by atoms with Crippen LogP contribution in [-0.2, 0) is 6.18 Å². The summed E-state index contributed by atoms with van der Waals surface area (Å²) in [5, 5.41) is 0. The molecule has 3 nitrogen and oxygen atoms in total. The first kappa shape index (κ1) is 15.4. The molecule has 1 aromatic carbocycles. The Morgan fingerprint density at radius 3 is 2.43 bits per heavy atom. The molecule has 0 amide bonds. The summed E-state index contributed by atoms with van der Waals surface area (Å²) in [5.74, 6) is 4.99. The van der Waals surface area contributed by atoms with Crippen molar-refractivity contribution in [3.8, 4) is 0 Å². The van der Waals surface area contributed by atoms with Crippen molar-refractivity contribution in [1.29, 1.82) is 0 Å². The van der Waals surface area contributed by atoms with Gasteiger partial charge in [0.25, 0.3) is 0 Å². The van der Waals surface area contributed by atoms with E-state index in [0.29, 0.717) is 5.56 Å². The van der Waals surface area contributed by atoms with E-state index in [4.69, 9.17) is 5.84 Å². The van der Waals surface area contributed by atoms with Crippen LogP contribution < -0.4 is 11.3 Å². The van der Waals surface area contributed by atoms with Crippen molar-refractivity contribution in [2.75, 3.05) is 0 Å². The number of hydrogen-bond donors (Lipinski definition) is 2. The van der Waals surface area contributed by atoms with E-state index < -0.39 is 23.6 Å². The van der Waals surface area contributed by atoms with Gasteiger partial charge in [-0.15, -0.1) is 0 Å². The zero-order chi connectivity index (χ0) is 15.6. The van der Waals surface area contributed by atoms with Crippen LogP contribution in [0.15, 0.2) is 36.5 Å². The Bertz CT molecular complexity index is 623. The van der Waals surface area contributed by atoms with Gasteiger partial charge in [0.2, 0.25) is 0 Å². The molecule has 0 aliphatic carbocycles. The van der Waals surface area contributed by atoms with Crippen LogP contribution in [0.5, 0.6) is 0 Å². The summed E-state index contributed by atoms with van der Waals surface area (Å²) < 4.78 is 50.9. The number of halogens is 4. The van der Waals surface area contributed by atoms with Gasteiger partial charge in [-0.2, -0.15) is 13.2 Å². The fraction of sp³-hybridized carbons (Fsp3) is 0.214. The zero-order valence-electron chi connectivity index (χ0n) is 11.1. The Morgan fingerprint density at radius 2 is 1.90 bits per heavy atom. The Balaban J connectivity index is 2.40. The van der Waals surface area contributed by atoms with Crippen LogP contribution in [0.4, 0.5) is 17.6 Å². The monoisotopic (exact) mass is 299 g/mol. The lowest BCUT2D eigenvalue weighted by Gasteiger charge is -2.18. The number of nitrogens with two attached hydrogens (primary N) is 1. The molecule has 1 atom stereocenters. The second-order valence-corrected chi connectivity index (χ2v) is 4.57. The summed E-state index contributed by atoms with van der Waals surface area (Å²) in [6, 6.07) is 5.59. The lowest BCUT2D eigenvalue weighted by Crippen LogP contribution is -2.30. The summed E-state index contributed by atoms with van der Waals surface area (Å²) in [5.41, 5.74) is 3.15. The lowest BCUT2D eigenvalue weighted by atomic mass is 9.98. The van der Waals surface area contributed by atoms with Crippen molar-refractivity contribution in [2.45, 2.75) is 19.1 Å². The van der Waals surface area contributed by atoms with Gasteiger partial charge in [0, 0.05) is 6.20 Å². The van der Waals surface area contributed by atoms with E-state index in [1.807, 2.05) is 0 Å². The number of rotatable bonds is 3. The summed E-state index contributed by atoms with van der Waals surface area (Å²) >= 11 is 0. The van der Waals surface area contributed by atoms with Crippen LogP contribution in [0, 0.1) is 12.7 Å². The standard InChI is InChI=1S/C14H13F4N3/c1-8-2-4-10(15)6-11(8)13(21-19)12-5-3-9(7-20-12)14(16,17)18/h2-7,13,21H,19H2,1H3. The molecule has 0 spiro atoms. The Labute approximate surface area is 118 Å². The van der Waals surface area contributed by atoms with E-state index in [9.17, 15) is 17.6 Å². The number of alkyl halides is 3. The average molecular weight is 299 g/mol. The highest BCUT2D eigenvalue weighted by molar-refractivity contribution is 5.35. The summed E-state index contributed by atoms with van der Waals surface area (Å²) in [6.07, 6.45) is -3.72. The third kappa shape index (κ3) is 3.37. The number of benzene rings is 1. The zero-order valence-corrected chi connectivity index (χ0v) is 11.1. The molecule has 1 unspecified atom stereocenters. The third-order valence-electron chi connectivity index (χ3n) is 3.13. The Morgan fingerprint density at radius 1 is 1.19 bits per heavy atom. The van der Waals surface area contributed by atoms with Gasteiger partial charge in [-0.3, -0.25) is 10.8 Å². The summed E-state index contributed by atoms with van der Waals surface area (Å²) in [4.78, 5) is 3.78. The number of nitrogens with zero attached hydrogens (tertiary/aromatic N) is 1. The van der Waals surface area contributed by atoms with Gasteiger partial charge in [-0.05, 0) is 42.3 Å². The molecule has 3 N–H and O–H groups in total. The third-order valence-corrected chi connectivity index (χ3v) is 3.13. The van der Waals surface area contributed by atoms with Crippen LogP contribution in [0.2, 0.25) is 0 Å². The van der Waals surface area contributed by atoms with Crippen molar-refractivity contribution in [3.05, 3.63) is 64.7 Å². The predicted molar refractivity (Wildman–Crippen MR) is 69.5 cm³/mol. The van der Waals surface area contributed by atoms with Crippen LogP contribution in [0.1, 0.15) is 28.4 Å². The number of hydrogen-bond acceptors (Lipinski definition) is 3. The van der Waals surface area contributed by atoms with Crippen molar-refractivity contribution < 1.29 is 17.6 Å². The molecular weight excluding hydrogens is 286 g/mol. The van der Waals surface area contributed by atoms with Crippen molar-refractivity contribution in [1.82, 2.24) is 10.4 Å². The van der Waals surface area contributed by atoms with Crippen LogP contribution in [-0.4, -0.2) is 4.98 Å². The minimum Gasteiger partial charge on any atom is -0.271 e. The molecule has 7 heteroatoms. The topological polar surface area (TPSA) is 50.9 Å². The number of aryl methyl sites for hydroxylation is 1. The van der Waals surface area contributed by atoms with Gasteiger partial charge >= 0.3 is 6.18 Å². The Hall–Kier alpha value is -1.99. The molecule has 0 saturated heterocycles. The summed E-state index contributed by atoms with van der Waals surface area (Å²) in [7, 11) is 0. The van der Waals surface area contributed by atoms with E-state index in [-0.39, 0.29) is 5.69 Å². The van der Waals surface area contributed by atoms with Gasteiger partial charge in [-0.1, -0.05) is 6.07 Å².